The Morgan fingerprint density at radius 1 is 1.39 bits per heavy atom. The van der Waals surface area contributed by atoms with Crippen LogP contribution < -0.4 is 5.32 Å². The van der Waals surface area contributed by atoms with E-state index in [-0.39, 0.29) is 5.91 Å². The van der Waals surface area contributed by atoms with Gasteiger partial charge in [0, 0.05) is 16.1 Å². The molecule has 1 amide bonds. The zero-order chi connectivity index (χ0) is 12.8. The number of carbonyl (C=O) groups excluding carboxylic acids is 1. The molecule has 0 aliphatic rings. The average Bonchev–Trinajstić information content (AvgIpc) is 2.89. The van der Waals surface area contributed by atoms with Crippen molar-refractivity contribution < 1.29 is 4.79 Å². The van der Waals surface area contributed by atoms with E-state index in [1.165, 1.54) is 11.8 Å². The SMILES string of the molecule is O=C(CSc1ccc(Cl)cc1)NCc1cnc[nH]1. The lowest BCUT2D eigenvalue weighted by atomic mass is 10.4. The van der Waals surface area contributed by atoms with Gasteiger partial charge in [-0.25, -0.2) is 4.98 Å². The van der Waals surface area contributed by atoms with Gasteiger partial charge in [0.05, 0.1) is 24.3 Å². The number of amides is 1. The first-order chi connectivity index (χ1) is 8.74. The fourth-order valence-corrected chi connectivity index (χ4v) is 2.16. The van der Waals surface area contributed by atoms with Gasteiger partial charge < -0.3 is 10.3 Å². The summed E-state index contributed by atoms with van der Waals surface area (Å²) in [7, 11) is 0. The van der Waals surface area contributed by atoms with Crippen molar-refractivity contribution in [3.05, 3.63) is 47.5 Å². The topological polar surface area (TPSA) is 57.8 Å². The number of nitrogens with one attached hydrogen (secondary N) is 2. The van der Waals surface area contributed by atoms with Gasteiger partial charge in [-0.3, -0.25) is 4.79 Å². The molecular weight excluding hydrogens is 270 g/mol. The number of nitrogens with zero attached hydrogens (tertiary/aromatic N) is 1. The first-order valence-corrected chi connectivity index (χ1v) is 6.73. The van der Waals surface area contributed by atoms with E-state index in [9.17, 15) is 4.79 Å². The minimum absolute atomic E-state index is 0.00968. The van der Waals surface area contributed by atoms with Crippen molar-refractivity contribution >= 4 is 29.3 Å². The van der Waals surface area contributed by atoms with Gasteiger partial charge in [-0.2, -0.15) is 0 Å². The normalized spacial score (nSPS) is 10.3. The second-order valence-corrected chi connectivity index (χ2v) is 5.08. The smallest absolute Gasteiger partial charge is 0.230 e. The highest BCUT2D eigenvalue weighted by molar-refractivity contribution is 8.00. The summed E-state index contributed by atoms with van der Waals surface area (Å²) >= 11 is 7.26. The van der Waals surface area contributed by atoms with E-state index >= 15 is 0 Å². The van der Waals surface area contributed by atoms with Crippen LogP contribution in [0.15, 0.2) is 41.7 Å². The van der Waals surface area contributed by atoms with Crippen LogP contribution >= 0.6 is 23.4 Å². The Labute approximate surface area is 114 Å². The lowest BCUT2D eigenvalue weighted by Gasteiger charge is -2.03. The molecule has 0 aliphatic carbocycles. The summed E-state index contributed by atoms with van der Waals surface area (Å²) in [6.07, 6.45) is 3.27. The summed E-state index contributed by atoms with van der Waals surface area (Å²) in [6.45, 7) is 0.472. The maximum Gasteiger partial charge on any atom is 0.230 e. The van der Waals surface area contributed by atoms with Crippen molar-refractivity contribution in [2.45, 2.75) is 11.4 Å². The van der Waals surface area contributed by atoms with Gasteiger partial charge in [0.25, 0.3) is 0 Å². The van der Waals surface area contributed by atoms with Crippen LogP contribution in [0.4, 0.5) is 0 Å². The Morgan fingerprint density at radius 3 is 2.83 bits per heavy atom. The number of thioether (sulfide) groups is 1. The highest BCUT2D eigenvalue weighted by Gasteiger charge is 2.03. The summed E-state index contributed by atoms with van der Waals surface area (Å²) < 4.78 is 0. The number of imidazole rings is 1. The number of halogens is 1. The van der Waals surface area contributed by atoms with Crippen molar-refractivity contribution in [1.29, 1.82) is 0 Å². The molecule has 0 atom stereocenters. The largest absolute Gasteiger partial charge is 0.350 e. The second kappa shape index (κ2) is 6.47. The molecule has 0 saturated heterocycles. The van der Waals surface area contributed by atoms with Crippen LogP contribution in [0.5, 0.6) is 0 Å². The van der Waals surface area contributed by atoms with E-state index in [2.05, 4.69) is 15.3 Å². The first kappa shape index (κ1) is 13.0. The van der Waals surface area contributed by atoms with Crippen LogP contribution in [0.3, 0.4) is 0 Å². The van der Waals surface area contributed by atoms with Crippen molar-refractivity contribution in [2.24, 2.45) is 0 Å². The van der Waals surface area contributed by atoms with Gasteiger partial charge in [0.1, 0.15) is 0 Å². The molecule has 0 spiro atoms. The van der Waals surface area contributed by atoms with E-state index in [0.717, 1.165) is 10.6 Å². The van der Waals surface area contributed by atoms with Gasteiger partial charge in [-0.05, 0) is 24.3 Å². The molecule has 1 heterocycles. The van der Waals surface area contributed by atoms with E-state index in [1.54, 1.807) is 12.5 Å². The molecule has 2 N–H and O–H groups in total. The third kappa shape index (κ3) is 4.09. The van der Waals surface area contributed by atoms with Gasteiger partial charge in [-0.1, -0.05) is 11.6 Å². The summed E-state index contributed by atoms with van der Waals surface area (Å²) in [6, 6.07) is 7.42. The maximum absolute atomic E-state index is 11.6. The van der Waals surface area contributed by atoms with Crippen LogP contribution in [0.1, 0.15) is 5.69 Å². The molecule has 4 nitrogen and oxygen atoms in total. The van der Waals surface area contributed by atoms with Crippen molar-refractivity contribution in [3.63, 3.8) is 0 Å². The minimum atomic E-state index is -0.00968. The zero-order valence-electron chi connectivity index (χ0n) is 9.52. The number of rotatable bonds is 5. The summed E-state index contributed by atoms with van der Waals surface area (Å²) in [5.74, 6) is 0.375. The highest BCUT2D eigenvalue weighted by Crippen LogP contribution is 2.19. The van der Waals surface area contributed by atoms with E-state index < -0.39 is 0 Å². The minimum Gasteiger partial charge on any atom is -0.350 e. The van der Waals surface area contributed by atoms with Crippen LogP contribution in [-0.4, -0.2) is 21.6 Å². The second-order valence-electron chi connectivity index (χ2n) is 3.60. The van der Waals surface area contributed by atoms with E-state index in [4.69, 9.17) is 11.6 Å². The molecule has 0 aliphatic heterocycles. The average molecular weight is 282 g/mol. The zero-order valence-corrected chi connectivity index (χ0v) is 11.1. The van der Waals surface area contributed by atoms with Gasteiger partial charge in [-0.15, -0.1) is 11.8 Å². The van der Waals surface area contributed by atoms with E-state index in [0.29, 0.717) is 17.3 Å². The summed E-state index contributed by atoms with van der Waals surface area (Å²) in [5.41, 5.74) is 0.889. The van der Waals surface area contributed by atoms with Crippen molar-refractivity contribution in [3.8, 4) is 0 Å². The molecule has 0 radical (unpaired) electrons. The van der Waals surface area contributed by atoms with Gasteiger partial charge in [0.2, 0.25) is 5.91 Å². The molecule has 0 unspecified atom stereocenters. The molecule has 2 rings (SSSR count). The molecule has 18 heavy (non-hydrogen) atoms. The Bertz CT molecular complexity index is 499. The number of benzene rings is 1. The lowest BCUT2D eigenvalue weighted by Crippen LogP contribution is -2.24. The number of aromatic amines is 1. The van der Waals surface area contributed by atoms with Crippen LogP contribution in [0, 0.1) is 0 Å². The molecule has 0 saturated carbocycles. The summed E-state index contributed by atoms with van der Waals surface area (Å²) in [4.78, 5) is 19.4. The quantitative estimate of drug-likeness (QED) is 0.828. The van der Waals surface area contributed by atoms with E-state index in [1.807, 2.05) is 24.3 Å². The van der Waals surface area contributed by atoms with Crippen molar-refractivity contribution in [1.82, 2.24) is 15.3 Å². The van der Waals surface area contributed by atoms with Gasteiger partial charge in [0.15, 0.2) is 0 Å². The number of carbonyl (C=O) groups is 1. The lowest BCUT2D eigenvalue weighted by molar-refractivity contribution is -0.118. The first-order valence-electron chi connectivity index (χ1n) is 5.36. The van der Waals surface area contributed by atoms with Gasteiger partial charge >= 0.3 is 0 Å². The summed E-state index contributed by atoms with van der Waals surface area (Å²) in [5, 5.41) is 3.51. The Kier molecular flexibility index (Phi) is 4.66. The predicted octanol–water partition coefficient (Wildman–Crippen LogP) is 2.47. The fourth-order valence-electron chi connectivity index (χ4n) is 1.31. The molecule has 2 aromatic rings. The molecule has 6 heteroatoms. The Hall–Kier alpha value is -1.46. The Morgan fingerprint density at radius 2 is 2.17 bits per heavy atom. The predicted molar refractivity (Wildman–Crippen MR) is 72.6 cm³/mol. The molecule has 94 valence electrons. The van der Waals surface area contributed by atoms with Crippen LogP contribution in [-0.2, 0) is 11.3 Å². The molecule has 0 bridgehead atoms. The van der Waals surface area contributed by atoms with Crippen LogP contribution in [0.2, 0.25) is 5.02 Å². The number of aromatic nitrogens is 2. The molecular formula is C12H12ClN3OS. The van der Waals surface area contributed by atoms with Crippen LogP contribution in [0.25, 0.3) is 0 Å². The number of hydrogen-bond donors (Lipinski definition) is 2. The molecule has 0 fully saturated rings. The fraction of sp³-hybridized carbons (Fsp3) is 0.167. The maximum atomic E-state index is 11.6. The standard InChI is InChI=1S/C12H12ClN3OS/c13-9-1-3-11(4-2-9)18-7-12(17)15-6-10-5-14-8-16-10/h1-5,8H,6-7H2,(H,14,16)(H,15,17). The number of hydrogen-bond acceptors (Lipinski definition) is 3. The number of H-pyrrole nitrogens is 1. The third-order valence-electron chi connectivity index (χ3n) is 2.21. The molecule has 1 aromatic heterocycles. The highest BCUT2D eigenvalue weighted by atomic mass is 35.5. The Balaban J connectivity index is 1.73. The third-order valence-corrected chi connectivity index (χ3v) is 3.48. The monoisotopic (exact) mass is 281 g/mol. The van der Waals surface area contributed by atoms with Crippen molar-refractivity contribution in [2.75, 3.05) is 5.75 Å². The molecule has 1 aromatic carbocycles.